The molecule has 0 saturated carbocycles. The molecule has 0 spiro atoms. The Morgan fingerprint density at radius 2 is 1.76 bits per heavy atom. The second-order valence-corrected chi connectivity index (χ2v) is 5.49. The minimum atomic E-state index is -0.906. The Morgan fingerprint density at radius 3 is 2.38 bits per heavy atom. The van der Waals surface area contributed by atoms with Crippen LogP contribution in [-0.4, -0.2) is 25.2 Å². The fraction of sp³-hybridized carbons (Fsp3) is 0.765. The Hall–Kier alpha value is -1.32. The van der Waals surface area contributed by atoms with E-state index in [1.165, 1.54) is 31.3 Å². The van der Waals surface area contributed by atoms with Crippen LogP contribution in [0.15, 0.2) is 11.6 Å². The van der Waals surface area contributed by atoms with E-state index in [0.717, 1.165) is 12.8 Å². The van der Waals surface area contributed by atoms with Gasteiger partial charge >= 0.3 is 11.9 Å². The molecule has 122 valence electrons. The van der Waals surface area contributed by atoms with Crippen molar-refractivity contribution in [3.05, 3.63) is 11.6 Å². The average molecular weight is 298 g/mol. The number of ether oxygens (including phenoxy) is 2. The zero-order chi connectivity index (χ0) is 16.1. The van der Waals surface area contributed by atoms with Gasteiger partial charge in [-0.1, -0.05) is 38.3 Å². The summed E-state index contributed by atoms with van der Waals surface area (Å²) in [7, 11) is 0. The van der Waals surface area contributed by atoms with Gasteiger partial charge in [0.25, 0.3) is 0 Å². The second kappa shape index (κ2) is 12.4. The SMILES string of the molecule is CCCCCC(C)=CCC(C)CCOC(=O)C(=O)OCC. The molecule has 0 aliphatic carbocycles. The summed E-state index contributed by atoms with van der Waals surface area (Å²) in [6.07, 6.45) is 8.95. The van der Waals surface area contributed by atoms with Crippen LogP contribution in [-0.2, 0) is 19.1 Å². The van der Waals surface area contributed by atoms with Crippen LogP contribution in [0.25, 0.3) is 0 Å². The summed E-state index contributed by atoms with van der Waals surface area (Å²) >= 11 is 0. The normalized spacial score (nSPS) is 12.9. The highest BCUT2D eigenvalue weighted by Gasteiger charge is 2.16. The molecule has 0 rings (SSSR count). The van der Waals surface area contributed by atoms with Crippen LogP contribution < -0.4 is 0 Å². The molecule has 0 saturated heterocycles. The van der Waals surface area contributed by atoms with Gasteiger partial charge in [-0.05, 0) is 45.4 Å². The number of carbonyl (C=O) groups is 2. The van der Waals surface area contributed by atoms with E-state index in [1.54, 1.807) is 6.92 Å². The van der Waals surface area contributed by atoms with Crippen molar-refractivity contribution in [1.29, 1.82) is 0 Å². The van der Waals surface area contributed by atoms with Crippen LogP contribution in [0, 0.1) is 5.92 Å². The Labute approximate surface area is 128 Å². The predicted octanol–water partition coefficient (Wildman–Crippen LogP) is 4.04. The molecular formula is C17H30O4. The van der Waals surface area contributed by atoms with Gasteiger partial charge in [0, 0.05) is 0 Å². The first-order valence-corrected chi connectivity index (χ1v) is 8.00. The molecule has 0 fully saturated rings. The van der Waals surface area contributed by atoms with Crippen molar-refractivity contribution in [3.8, 4) is 0 Å². The first-order chi connectivity index (χ1) is 10.0. The summed E-state index contributed by atoms with van der Waals surface area (Å²) in [5.41, 5.74) is 1.43. The first-order valence-electron chi connectivity index (χ1n) is 8.00. The number of hydrogen-bond acceptors (Lipinski definition) is 4. The molecule has 0 aromatic carbocycles. The number of allylic oxidation sites excluding steroid dienone is 2. The standard InChI is InChI=1S/C17H30O4/c1-5-7-8-9-14(3)10-11-15(4)12-13-21-17(19)16(18)20-6-2/h10,15H,5-9,11-13H2,1-4H3. The fourth-order valence-corrected chi connectivity index (χ4v) is 1.88. The molecule has 1 atom stereocenters. The third kappa shape index (κ3) is 11.1. The largest absolute Gasteiger partial charge is 0.458 e. The third-order valence-corrected chi connectivity index (χ3v) is 3.33. The van der Waals surface area contributed by atoms with Crippen LogP contribution in [0.1, 0.15) is 66.2 Å². The van der Waals surface area contributed by atoms with Crippen molar-refractivity contribution in [1.82, 2.24) is 0 Å². The van der Waals surface area contributed by atoms with Gasteiger partial charge in [-0.25, -0.2) is 9.59 Å². The van der Waals surface area contributed by atoms with Gasteiger partial charge in [0.2, 0.25) is 0 Å². The van der Waals surface area contributed by atoms with E-state index in [-0.39, 0.29) is 13.2 Å². The number of esters is 2. The molecule has 4 heteroatoms. The molecule has 0 aromatic heterocycles. The molecule has 0 aliphatic heterocycles. The molecule has 4 nitrogen and oxygen atoms in total. The Bertz CT molecular complexity index is 334. The molecule has 0 bridgehead atoms. The fourth-order valence-electron chi connectivity index (χ4n) is 1.88. The Morgan fingerprint density at radius 1 is 1.10 bits per heavy atom. The maximum Gasteiger partial charge on any atom is 0.417 e. The van der Waals surface area contributed by atoms with E-state index in [4.69, 9.17) is 4.74 Å². The van der Waals surface area contributed by atoms with E-state index in [9.17, 15) is 9.59 Å². The topological polar surface area (TPSA) is 52.6 Å². The van der Waals surface area contributed by atoms with Gasteiger partial charge < -0.3 is 9.47 Å². The quantitative estimate of drug-likeness (QED) is 0.264. The minimum absolute atomic E-state index is 0.187. The van der Waals surface area contributed by atoms with Crippen molar-refractivity contribution in [3.63, 3.8) is 0 Å². The Kier molecular flexibility index (Phi) is 11.6. The van der Waals surface area contributed by atoms with Crippen LogP contribution in [0.5, 0.6) is 0 Å². The predicted molar refractivity (Wildman–Crippen MR) is 83.9 cm³/mol. The molecule has 0 aliphatic rings. The molecule has 0 radical (unpaired) electrons. The van der Waals surface area contributed by atoms with Gasteiger partial charge in [0.1, 0.15) is 0 Å². The van der Waals surface area contributed by atoms with Crippen LogP contribution >= 0.6 is 0 Å². The third-order valence-electron chi connectivity index (χ3n) is 3.33. The monoisotopic (exact) mass is 298 g/mol. The van der Waals surface area contributed by atoms with Crippen molar-refractivity contribution in [2.45, 2.75) is 66.2 Å². The first kappa shape index (κ1) is 19.7. The zero-order valence-electron chi connectivity index (χ0n) is 13.9. The molecule has 0 heterocycles. The van der Waals surface area contributed by atoms with E-state index >= 15 is 0 Å². The van der Waals surface area contributed by atoms with Crippen LogP contribution in [0.3, 0.4) is 0 Å². The maximum absolute atomic E-state index is 11.2. The lowest BCUT2D eigenvalue weighted by Gasteiger charge is -2.10. The number of unbranched alkanes of at least 4 members (excludes halogenated alkanes) is 2. The zero-order valence-corrected chi connectivity index (χ0v) is 13.9. The summed E-state index contributed by atoms with van der Waals surface area (Å²) in [4.78, 5) is 22.3. The molecule has 0 aromatic rings. The molecule has 21 heavy (non-hydrogen) atoms. The van der Waals surface area contributed by atoms with Crippen molar-refractivity contribution >= 4 is 11.9 Å². The lowest BCUT2D eigenvalue weighted by molar-refractivity contribution is -0.167. The van der Waals surface area contributed by atoms with Crippen molar-refractivity contribution in [2.75, 3.05) is 13.2 Å². The summed E-state index contributed by atoms with van der Waals surface area (Å²) in [6.45, 7) is 8.60. The van der Waals surface area contributed by atoms with Crippen LogP contribution in [0.2, 0.25) is 0 Å². The highest BCUT2D eigenvalue weighted by molar-refractivity contribution is 6.29. The van der Waals surface area contributed by atoms with Gasteiger partial charge in [-0.2, -0.15) is 0 Å². The van der Waals surface area contributed by atoms with Gasteiger partial charge in [-0.3, -0.25) is 0 Å². The van der Waals surface area contributed by atoms with Crippen molar-refractivity contribution in [2.24, 2.45) is 5.92 Å². The molecule has 0 N–H and O–H groups in total. The molecule has 0 amide bonds. The number of hydrogen-bond donors (Lipinski definition) is 0. The van der Waals surface area contributed by atoms with Crippen LogP contribution in [0.4, 0.5) is 0 Å². The summed E-state index contributed by atoms with van der Waals surface area (Å²) in [5.74, 6) is -1.37. The highest BCUT2D eigenvalue weighted by atomic mass is 16.6. The van der Waals surface area contributed by atoms with Crippen molar-refractivity contribution < 1.29 is 19.1 Å². The second-order valence-electron chi connectivity index (χ2n) is 5.49. The van der Waals surface area contributed by atoms with E-state index in [0.29, 0.717) is 5.92 Å². The maximum atomic E-state index is 11.2. The highest BCUT2D eigenvalue weighted by Crippen LogP contribution is 2.14. The molecule has 1 unspecified atom stereocenters. The average Bonchev–Trinajstić information content (AvgIpc) is 2.45. The van der Waals surface area contributed by atoms with Gasteiger partial charge in [0.05, 0.1) is 13.2 Å². The smallest absolute Gasteiger partial charge is 0.417 e. The molecular weight excluding hydrogens is 268 g/mol. The van der Waals surface area contributed by atoms with E-state index < -0.39 is 11.9 Å². The lowest BCUT2D eigenvalue weighted by atomic mass is 10.0. The summed E-state index contributed by atoms with van der Waals surface area (Å²) in [5, 5.41) is 0. The Balaban J connectivity index is 3.79. The van der Waals surface area contributed by atoms with E-state index in [2.05, 4.69) is 31.6 Å². The minimum Gasteiger partial charge on any atom is -0.458 e. The number of rotatable bonds is 10. The van der Waals surface area contributed by atoms with E-state index in [1.807, 2.05) is 0 Å². The summed E-state index contributed by atoms with van der Waals surface area (Å²) in [6, 6.07) is 0. The van der Waals surface area contributed by atoms with Gasteiger partial charge in [0.15, 0.2) is 0 Å². The lowest BCUT2D eigenvalue weighted by Crippen LogP contribution is -2.21. The summed E-state index contributed by atoms with van der Waals surface area (Å²) < 4.78 is 9.44. The number of carbonyl (C=O) groups excluding carboxylic acids is 2. The van der Waals surface area contributed by atoms with Gasteiger partial charge in [-0.15, -0.1) is 0 Å².